The highest BCUT2D eigenvalue weighted by atomic mass is 16.6. The van der Waals surface area contributed by atoms with E-state index < -0.39 is 5.97 Å². The average molecular weight is 434 g/mol. The lowest BCUT2D eigenvalue weighted by Gasteiger charge is -2.24. The maximum absolute atomic E-state index is 12.8. The van der Waals surface area contributed by atoms with Gasteiger partial charge in [0.15, 0.2) is 0 Å². The van der Waals surface area contributed by atoms with E-state index in [1.807, 2.05) is 59.5 Å². The Morgan fingerprint density at radius 3 is 2.69 bits per heavy atom. The van der Waals surface area contributed by atoms with Gasteiger partial charge in [-0.05, 0) is 43.9 Å². The molecule has 0 aliphatic carbocycles. The highest BCUT2D eigenvalue weighted by Crippen LogP contribution is 2.31. The molecule has 32 heavy (non-hydrogen) atoms. The number of para-hydroxylation sites is 1. The van der Waals surface area contributed by atoms with Crippen LogP contribution < -0.4 is 0 Å². The molecule has 1 saturated heterocycles. The molecule has 1 fully saturated rings. The van der Waals surface area contributed by atoms with Gasteiger partial charge in [-0.3, -0.25) is 0 Å². The maximum Gasteiger partial charge on any atom is 0.410 e. The molecule has 1 aliphatic rings. The summed E-state index contributed by atoms with van der Waals surface area (Å²) in [5.41, 5.74) is 2.69. The standard InChI is InChI=1S/C26H27NO5/c1-2-30-25(28)15-14-24-22(21-12-6-7-13-23(21)32-24)17-20-11-8-16-27(20)26(29)31-18-19-9-4-3-5-10-19/h3-7,9-10,12-15,20H,2,8,11,16-18H2,1H3. The number of rotatable bonds is 7. The number of hydrogen-bond donors (Lipinski definition) is 0. The van der Waals surface area contributed by atoms with Crippen LogP contribution in [-0.4, -0.2) is 36.2 Å². The fourth-order valence-electron chi connectivity index (χ4n) is 4.12. The van der Waals surface area contributed by atoms with Crippen molar-refractivity contribution >= 4 is 29.1 Å². The summed E-state index contributed by atoms with van der Waals surface area (Å²) >= 11 is 0. The largest absolute Gasteiger partial charge is 0.463 e. The van der Waals surface area contributed by atoms with Crippen LogP contribution in [-0.2, 0) is 27.3 Å². The number of amides is 1. The summed E-state index contributed by atoms with van der Waals surface area (Å²) in [6.45, 7) is 3.01. The maximum atomic E-state index is 12.8. The van der Waals surface area contributed by atoms with Crippen molar-refractivity contribution in [1.29, 1.82) is 0 Å². The summed E-state index contributed by atoms with van der Waals surface area (Å²) in [4.78, 5) is 26.4. The molecule has 0 bridgehead atoms. The van der Waals surface area contributed by atoms with Crippen molar-refractivity contribution < 1.29 is 23.5 Å². The molecule has 6 heteroatoms. The van der Waals surface area contributed by atoms with E-state index in [4.69, 9.17) is 13.9 Å². The van der Waals surface area contributed by atoms with Crippen LogP contribution in [0.5, 0.6) is 0 Å². The SMILES string of the molecule is CCOC(=O)C=Cc1oc2ccccc2c1CC1CCCN1C(=O)OCc1ccccc1. The van der Waals surface area contributed by atoms with Gasteiger partial charge in [0, 0.05) is 29.6 Å². The third-order valence-corrected chi connectivity index (χ3v) is 5.64. The predicted molar refractivity (Wildman–Crippen MR) is 122 cm³/mol. The molecule has 3 aromatic rings. The molecule has 1 unspecified atom stereocenters. The van der Waals surface area contributed by atoms with Crippen LogP contribution in [0.1, 0.15) is 36.7 Å². The molecule has 4 rings (SSSR count). The first-order valence-corrected chi connectivity index (χ1v) is 11.0. The van der Waals surface area contributed by atoms with E-state index in [2.05, 4.69) is 0 Å². The highest BCUT2D eigenvalue weighted by molar-refractivity contribution is 5.90. The zero-order valence-corrected chi connectivity index (χ0v) is 18.2. The minimum absolute atomic E-state index is 0.00835. The number of fused-ring (bicyclic) bond motifs is 1. The first kappa shape index (κ1) is 21.7. The highest BCUT2D eigenvalue weighted by Gasteiger charge is 2.31. The van der Waals surface area contributed by atoms with E-state index in [9.17, 15) is 9.59 Å². The lowest BCUT2D eigenvalue weighted by molar-refractivity contribution is -0.137. The number of esters is 1. The molecule has 166 valence electrons. The third kappa shape index (κ3) is 5.02. The molecule has 0 spiro atoms. The van der Waals surface area contributed by atoms with Crippen LogP contribution in [0.2, 0.25) is 0 Å². The lowest BCUT2D eigenvalue weighted by atomic mass is 10.0. The van der Waals surface area contributed by atoms with E-state index >= 15 is 0 Å². The molecule has 0 N–H and O–H groups in total. The average Bonchev–Trinajstić information content (AvgIpc) is 3.42. The molecule has 6 nitrogen and oxygen atoms in total. The van der Waals surface area contributed by atoms with Gasteiger partial charge in [-0.15, -0.1) is 0 Å². The monoisotopic (exact) mass is 433 g/mol. The van der Waals surface area contributed by atoms with Gasteiger partial charge < -0.3 is 18.8 Å². The van der Waals surface area contributed by atoms with Crippen molar-refractivity contribution in [1.82, 2.24) is 4.90 Å². The van der Waals surface area contributed by atoms with Gasteiger partial charge in [-0.2, -0.15) is 0 Å². The van der Waals surface area contributed by atoms with Gasteiger partial charge >= 0.3 is 12.1 Å². The van der Waals surface area contributed by atoms with Crippen LogP contribution in [0.15, 0.2) is 65.1 Å². The Bertz CT molecular complexity index is 1100. The van der Waals surface area contributed by atoms with Crippen LogP contribution in [0, 0.1) is 0 Å². The molecule has 0 saturated carbocycles. The quantitative estimate of drug-likeness (QED) is 0.371. The van der Waals surface area contributed by atoms with Crippen molar-refractivity contribution in [3.8, 4) is 0 Å². The first-order chi connectivity index (χ1) is 15.7. The summed E-state index contributed by atoms with van der Waals surface area (Å²) in [6.07, 6.45) is 5.18. The van der Waals surface area contributed by atoms with Crippen LogP contribution in [0.25, 0.3) is 17.0 Å². The fourth-order valence-corrected chi connectivity index (χ4v) is 4.12. The normalized spacial score (nSPS) is 16.0. The molecule has 2 aromatic carbocycles. The van der Waals surface area contributed by atoms with Crippen molar-refractivity contribution in [2.45, 2.75) is 38.8 Å². The van der Waals surface area contributed by atoms with Gasteiger partial charge in [-0.25, -0.2) is 9.59 Å². The summed E-state index contributed by atoms with van der Waals surface area (Å²) in [7, 11) is 0. The van der Waals surface area contributed by atoms with Crippen LogP contribution in [0.4, 0.5) is 4.79 Å². The minimum atomic E-state index is -0.411. The van der Waals surface area contributed by atoms with Crippen molar-refractivity contribution in [3.63, 3.8) is 0 Å². The molecular formula is C26H27NO5. The summed E-state index contributed by atoms with van der Waals surface area (Å²) in [6, 6.07) is 17.5. The van der Waals surface area contributed by atoms with Crippen molar-refractivity contribution in [2.75, 3.05) is 13.2 Å². The Kier molecular flexibility index (Phi) is 6.90. The lowest BCUT2D eigenvalue weighted by Crippen LogP contribution is -2.37. The van der Waals surface area contributed by atoms with Gasteiger partial charge in [0.2, 0.25) is 0 Å². The topological polar surface area (TPSA) is 69.0 Å². The number of furan rings is 1. The Balaban J connectivity index is 1.51. The Hall–Kier alpha value is -3.54. The summed E-state index contributed by atoms with van der Waals surface area (Å²) in [5, 5.41) is 0.987. The number of carbonyl (C=O) groups excluding carboxylic acids is 2. The van der Waals surface area contributed by atoms with Gasteiger partial charge in [0.25, 0.3) is 0 Å². The van der Waals surface area contributed by atoms with Crippen molar-refractivity contribution in [3.05, 3.63) is 77.6 Å². The molecule has 1 aliphatic heterocycles. The Labute approximate surface area is 187 Å². The Morgan fingerprint density at radius 2 is 1.88 bits per heavy atom. The third-order valence-electron chi connectivity index (χ3n) is 5.64. The van der Waals surface area contributed by atoms with Gasteiger partial charge in [0.05, 0.1) is 6.61 Å². The number of carbonyl (C=O) groups is 2. The van der Waals surface area contributed by atoms with E-state index in [1.165, 1.54) is 6.08 Å². The molecule has 1 amide bonds. The number of ether oxygens (including phenoxy) is 2. The number of hydrogen-bond acceptors (Lipinski definition) is 5. The second-order valence-corrected chi connectivity index (χ2v) is 7.76. The fraction of sp³-hybridized carbons (Fsp3) is 0.308. The summed E-state index contributed by atoms with van der Waals surface area (Å²) < 4.78 is 16.6. The predicted octanol–water partition coefficient (Wildman–Crippen LogP) is 5.35. The van der Waals surface area contributed by atoms with Crippen molar-refractivity contribution in [2.24, 2.45) is 0 Å². The van der Waals surface area contributed by atoms with E-state index in [0.29, 0.717) is 25.3 Å². The Morgan fingerprint density at radius 1 is 1.09 bits per heavy atom. The molecule has 2 heterocycles. The molecule has 1 atom stereocenters. The minimum Gasteiger partial charge on any atom is -0.463 e. The first-order valence-electron chi connectivity index (χ1n) is 11.0. The van der Waals surface area contributed by atoms with E-state index in [1.54, 1.807) is 13.0 Å². The second kappa shape index (κ2) is 10.2. The number of likely N-dealkylation sites (tertiary alicyclic amines) is 1. The zero-order valence-electron chi connectivity index (χ0n) is 18.2. The molecule has 0 radical (unpaired) electrons. The molecule has 1 aromatic heterocycles. The summed E-state index contributed by atoms with van der Waals surface area (Å²) in [5.74, 6) is 0.203. The van der Waals surface area contributed by atoms with Gasteiger partial charge in [0.1, 0.15) is 18.0 Å². The van der Waals surface area contributed by atoms with E-state index in [0.717, 1.165) is 34.9 Å². The van der Waals surface area contributed by atoms with Crippen LogP contribution >= 0.6 is 0 Å². The van der Waals surface area contributed by atoms with E-state index in [-0.39, 0.29) is 18.7 Å². The smallest absolute Gasteiger partial charge is 0.410 e. The molecular weight excluding hydrogens is 406 g/mol. The van der Waals surface area contributed by atoms with Gasteiger partial charge in [-0.1, -0.05) is 48.5 Å². The van der Waals surface area contributed by atoms with Crippen LogP contribution in [0.3, 0.4) is 0 Å². The zero-order chi connectivity index (χ0) is 22.3. The number of nitrogens with zero attached hydrogens (tertiary/aromatic N) is 1. The number of benzene rings is 2. The second-order valence-electron chi connectivity index (χ2n) is 7.76.